The number of unbranched alkanes of at least 4 members (excludes halogenated alkanes) is 1. The molecule has 40 heavy (non-hydrogen) atoms. The standard InChI is InChI=1S/C4H10.3C4H8.C4H6.C3H8.C3H6.2C2H6.2C2H4.4CH4.2H2O/c5*1-3-4-2;2*1-3-2;4*1-2;;;;;;/h3-4H2,1-2H3;2*3-4H,1-2H3;3H,1,4H2,2H3;3-4H,1-2H2;3H2,1-2H3;3H,1H2,2H3;2*1-2H3;2*1-2H2;4*1H4;2*1H2/b;4-3+;4-3-;;;;;;;;;;;;;;. The van der Waals surface area contributed by atoms with E-state index in [1.807, 2.05) is 92.7 Å². The van der Waals surface area contributed by atoms with E-state index in [0.29, 0.717) is 0 Å². The SMILES string of the molecule is C.C.C.C.C/C=C/C.C/C=C\C.C=C.C=C.C=CC.C=CC=C.C=CCC.CC.CC.CCC.CCCC.O.O. The first-order valence-corrected chi connectivity index (χ1v) is 13.0. The molecule has 2 heteroatoms. The first kappa shape index (κ1) is 118. The van der Waals surface area contributed by atoms with E-state index in [9.17, 15) is 0 Å². The minimum atomic E-state index is 0. The van der Waals surface area contributed by atoms with E-state index < -0.39 is 0 Å². The molecule has 0 unspecified atom stereocenters. The lowest BCUT2D eigenvalue weighted by molar-refractivity contribution is 0.823. The zero-order valence-electron chi connectivity index (χ0n) is 28.1. The van der Waals surface area contributed by atoms with E-state index >= 15 is 0 Å². The second-order valence-corrected chi connectivity index (χ2v) is 4.62. The van der Waals surface area contributed by atoms with Crippen molar-refractivity contribution >= 4 is 0 Å². The normalized spacial score (nSPS) is 5.05. The molecule has 258 valence electrons. The van der Waals surface area contributed by atoms with Gasteiger partial charge in [0.25, 0.3) is 0 Å². The van der Waals surface area contributed by atoms with E-state index in [1.165, 1.54) is 19.3 Å². The molecule has 0 aromatic heterocycles. The summed E-state index contributed by atoms with van der Waals surface area (Å²) in [6, 6.07) is 0. The Kier molecular flexibility index (Phi) is 1440. The molecule has 0 aliphatic heterocycles. The Morgan fingerprint density at radius 1 is 0.450 bits per heavy atom. The minimum absolute atomic E-state index is 0. The van der Waals surface area contributed by atoms with Gasteiger partial charge >= 0.3 is 0 Å². The lowest BCUT2D eigenvalue weighted by Gasteiger charge is -1.68. The predicted molar refractivity (Wildman–Crippen MR) is 214 cm³/mol. The van der Waals surface area contributed by atoms with Crippen molar-refractivity contribution in [3.8, 4) is 0 Å². The monoisotopic (exact) mass is 583 g/mol. The second-order valence-electron chi connectivity index (χ2n) is 4.62. The van der Waals surface area contributed by atoms with Crippen LogP contribution in [0.15, 0.2) is 101 Å². The smallest absolute Gasteiger partial charge is 0.0382 e. The summed E-state index contributed by atoms with van der Waals surface area (Å²) in [6.07, 6.45) is 19.9. The molecule has 0 saturated carbocycles. The first-order valence-electron chi connectivity index (χ1n) is 13.0. The second kappa shape index (κ2) is 489. The van der Waals surface area contributed by atoms with Crippen molar-refractivity contribution in [3.63, 3.8) is 0 Å². The third-order valence-corrected chi connectivity index (χ3v) is 1.62. The predicted octanol–water partition coefficient (Wildman–Crippen LogP) is 15.1. The summed E-state index contributed by atoms with van der Waals surface area (Å²) in [5, 5.41) is 0. The third kappa shape index (κ3) is 5390. The molecule has 2 nitrogen and oxygen atoms in total. The van der Waals surface area contributed by atoms with Gasteiger partial charge in [-0.2, -0.15) is 0 Å². The average molecular weight is 583 g/mol. The zero-order valence-corrected chi connectivity index (χ0v) is 28.1. The van der Waals surface area contributed by atoms with Crippen molar-refractivity contribution in [3.05, 3.63) is 101 Å². The van der Waals surface area contributed by atoms with Crippen LogP contribution in [0.3, 0.4) is 0 Å². The topological polar surface area (TPSA) is 63.0 Å². The Hall–Kier alpha value is -2.16. The van der Waals surface area contributed by atoms with Crippen molar-refractivity contribution in [1.82, 2.24) is 0 Å². The fraction of sp³-hybridized carbons (Fsp3) is 0.579. The van der Waals surface area contributed by atoms with Crippen molar-refractivity contribution in [2.24, 2.45) is 0 Å². The van der Waals surface area contributed by atoms with Crippen LogP contribution in [0.5, 0.6) is 0 Å². The molecule has 0 atom stereocenters. The van der Waals surface area contributed by atoms with Crippen molar-refractivity contribution < 1.29 is 11.0 Å². The molecule has 0 aromatic rings. The third-order valence-electron chi connectivity index (χ3n) is 1.62. The number of allylic oxidation sites excluding steroid dienone is 8. The summed E-state index contributed by atoms with van der Waals surface area (Å²) in [4.78, 5) is 0. The molecule has 0 bridgehead atoms. The summed E-state index contributed by atoms with van der Waals surface area (Å²) in [6.45, 7) is 54.1. The molecule has 0 aromatic carbocycles. The average Bonchev–Trinajstić information content (AvgIpc) is 2.94. The van der Waals surface area contributed by atoms with Crippen molar-refractivity contribution in [2.45, 2.75) is 152 Å². The maximum atomic E-state index is 3.48. The molecule has 0 fully saturated rings. The Morgan fingerprint density at radius 2 is 0.550 bits per heavy atom. The van der Waals surface area contributed by atoms with Crippen LogP contribution in [-0.4, -0.2) is 11.0 Å². The van der Waals surface area contributed by atoms with Gasteiger partial charge in [-0.05, 0) is 41.0 Å². The molecular formula is C38H94O2. The van der Waals surface area contributed by atoms with Gasteiger partial charge in [0.2, 0.25) is 0 Å². The molecular weight excluding hydrogens is 488 g/mol. The molecule has 0 spiro atoms. The Labute approximate surface area is 264 Å². The largest absolute Gasteiger partial charge is 0.412 e. The summed E-state index contributed by atoms with van der Waals surface area (Å²) >= 11 is 0. The maximum Gasteiger partial charge on any atom is -0.0382 e. The molecule has 4 N–H and O–H groups in total. The van der Waals surface area contributed by atoms with Gasteiger partial charge in [-0.25, -0.2) is 0 Å². The van der Waals surface area contributed by atoms with Crippen LogP contribution in [0.2, 0.25) is 0 Å². The highest BCUT2D eigenvalue weighted by Gasteiger charge is 1.56. The summed E-state index contributed by atoms with van der Waals surface area (Å²) in [5.41, 5.74) is 0. The summed E-state index contributed by atoms with van der Waals surface area (Å²) in [5.74, 6) is 0. The van der Waals surface area contributed by atoms with Crippen LogP contribution in [0.4, 0.5) is 0 Å². The van der Waals surface area contributed by atoms with E-state index in [0.717, 1.165) is 6.42 Å². The van der Waals surface area contributed by atoms with Crippen LogP contribution in [-0.2, 0) is 0 Å². The highest BCUT2D eigenvalue weighted by Crippen LogP contribution is 1.76. The van der Waals surface area contributed by atoms with E-state index in [2.05, 4.69) is 87.3 Å². The van der Waals surface area contributed by atoms with Gasteiger partial charge in [-0.1, -0.05) is 173 Å². The molecule has 0 aliphatic carbocycles. The molecule has 0 radical (unpaired) electrons. The number of rotatable bonds is 3. The summed E-state index contributed by atoms with van der Waals surface area (Å²) < 4.78 is 0. The van der Waals surface area contributed by atoms with Gasteiger partial charge in [0.05, 0.1) is 0 Å². The number of hydrogen-bond donors (Lipinski definition) is 0. The van der Waals surface area contributed by atoms with E-state index in [4.69, 9.17) is 0 Å². The van der Waals surface area contributed by atoms with E-state index in [1.54, 1.807) is 18.2 Å². The van der Waals surface area contributed by atoms with Crippen LogP contribution in [0, 0.1) is 0 Å². The maximum absolute atomic E-state index is 3.48. The fourth-order valence-electron chi connectivity index (χ4n) is 0. The lowest BCUT2D eigenvalue weighted by atomic mass is 10.4. The van der Waals surface area contributed by atoms with E-state index in [-0.39, 0.29) is 40.7 Å². The number of hydrogen-bond acceptors (Lipinski definition) is 0. The van der Waals surface area contributed by atoms with Gasteiger partial charge in [-0.15, -0.1) is 39.5 Å². The van der Waals surface area contributed by atoms with Gasteiger partial charge in [0.15, 0.2) is 0 Å². The molecule has 0 heterocycles. The van der Waals surface area contributed by atoms with Crippen LogP contribution >= 0.6 is 0 Å². The van der Waals surface area contributed by atoms with Crippen LogP contribution in [0.1, 0.15) is 152 Å². The Bertz CT molecular complexity index is 237. The first-order chi connectivity index (χ1) is 16.4. The minimum Gasteiger partial charge on any atom is -0.412 e. The highest BCUT2D eigenvalue weighted by atomic mass is 16.0. The summed E-state index contributed by atoms with van der Waals surface area (Å²) in [7, 11) is 0. The lowest BCUT2D eigenvalue weighted by Crippen LogP contribution is -1.47. The quantitative estimate of drug-likeness (QED) is 0.235. The van der Waals surface area contributed by atoms with Crippen LogP contribution in [0.25, 0.3) is 0 Å². The Morgan fingerprint density at radius 3 is 0.550 bits per heavy atom. The molecule has 0 amide bonds. The molecule has 0 rings (SSSR count). The van der Waals surface area contributed by atoms with Gasteiger partial charge in [0.1, 0.15) is 0 Å². The zero-order chi connectivity index (χ0) is 30.5. The van der Waals surface area contributed by atoms with Gasteiger partial charge in [0, 0.05) is 0 Å². The molecule has 0 aliphatic rings. The fourth-order valence-corrected chi connectivity index (χ4v) is 0. The van der Waals surface area contributed by atoms with Gasteiger partial charge < -0.3 is 11.0 Å². The van der Waals surface area contributed by atoms with Crippen molar-refractivity contribution in [1.29, 1.82) is 0 Å². The highest BCUT2D eigenvalue weighted by molar-refractivity contribution is 4.88. The van der Waals surface area contributed by atoms with Gasteiger partial charge in [-0.3, -0.25) is 0 Å². The molecule has 0 saturated heterocycles. The Balaban J connectivity index is -0.00000000966. The van der Waals surface area contributed by atoms with Crippen LogP contribution < -0.4 is 0 Å². The van der Waals surface area contributed by atoms with Crippen molar-refractivity contribution in [2.75, 3.05) is 0 Å².